The fourth-order valence-electron chi connectivity index (χ4n) is 4.32. The Labute approximate surface area is 200 Å². The van der Waals surface area contributed by atoms with E-state index in [-0.39, 0.29) is 5.69 Å². The molecule has 5 aromatic rings. The fourth-order valence-corrected chi connectivity index (χ4v) is 4.32. The molecule has 1 saturated carbocycles. The molecule has 0 saturated heterocycles. The number of fused-ring (bicyclic) bond motifs is 1. The first kappa shape index (κ1) is 20.9. The van der Waals surface area contributed by atoms with Crippen LogP contribution >= 0.6 is 0 Å². The van der Waals surface area contributed by atoms with Crippen molar-refractivity contribution in [2.75, 3.05) is 7.11 Å². The molecule has 1 aromatic carbocycles. The van der Waals surface area contributed by atoms with Gasteiger partial charge in [-0.05, 0) is 19.8 Å². The van der Waals surface area contributed by atoms with Gasteiger partial charge >= 0.3 is 0 Å². The molecule has 0 atom stereocenters. The van der Waals surface area contributed by atoms with Gasteiger partial charge in [0.1, 0.15) is 46.2 Å². The Morgan fingerprint density at radius 3 is 2.63 bits per heavy atom. The van der Waals surface area contributed by atoms with Gasteiger partial charge in [-0.25, -0.2) is 24.9 Å². The Hall–Kier alpha value is -4.65. The highest BCUT2D eigenvalue weighted by atomic mass is 16.5. The lowest BCUT2D eigenvalue weighted by atomic mass is 10.1. The van der Waals surface area contributed by atoms with Crippen LogP contribution in [0.3, 0.4) is 0 Å². The molecule has 4 heterocycles. The number of rotatable bonds is 5. The maximum Gasteiger partial charge on any atom is 0.227 e. The number of imidazole rings is 1. The summed E-state index contributed by atoms with van der Waals surface area (Å²) in [4.78, 5) is 22.8. The minimum Gasteiger partial charge on any atom is -0.480 e. The van der Waals surface area contributed by atoms with Crippen molar-refractivity contribution in [1.82, 2.24) is 39.7 Å². The Morgan fingerprint density at radius 1 is 1.11 bits per heavy atom. The van der Waals surface area contributed by atoms with Crippen LogP contribution in [0.2, 0.25) is 0 Å². The number of aromatic nitrogens is 8. The Kier molecular flexibility index (Phi) is 4.77. The molecule has 0 spiro atoms. The number of methoxy groups -OCH3 is 1. The third kappa shape index (κ3) is 3.40. The number of ether oxygens (including phenoxy) is 1. The molecule has 1 N–H and O–H groups in total. The molecular formula is C25H21N9O. The lowest BCUT2D eigenvalue weighted by Gasteiger charge is -2.10. The fraction of sp³-hybridized carbons (Fsp3) is 0.240. The smallest absolute Gasteiger partial charge is 0.227 e. The van der Waals surface area contributed by atoms with Gasteiger partial charge in [0.2, 0.25) is 5.88 Å². The number of aromatic amines is 1. The van der Waals surface area contributed by atoms with E-state index in [0.717, 1.165) is 29.7 Å². The number of hydrogen-bond acceptors (Lipinski definition) is 8. The van der Waals surface area contributed by atoms with E-state index in [4.69, 9.17) is 9.72 Å². The van der Waals surface area contributed by atoms with Gasteiger partial charge in [0.25, 0.3) is 0 Å². The topological polar surface area (TPSA) is 131 Å². The first-order valence-corrected chi connectivity index (χ1v) is 11.2. The summed E-state index contributed by atoms with van der Waals surface area (Å²) in [6.45, 7) is 2.03. The molecule has 4 aromatic heterocycles. The summed E-state index contributed by atoms with van der Waals surface area (Å²) in [5.74, 6) is 1.92. The number of nitrogens with zero attached hydrogens (tertiary/aromatic N) is 8. The molecule has 1 fully saturated rings. The van der Waals surface area contributed by atoms with Crippen molar-refractivity contribution in [2.24, 2.45) is 7.05 Å². The van der Waals surface area contributed by atoms with Crippen molar-refractivity contribution in [1.29, 1.82) is 5.26 Å². The monoisotopic (exact) mass is 463 g/mol. The zero-order valence-electron chi connectivity index (χ0n) is 19.4. The minimum absolute atomic E-state index is 0.274. The Morgan fingerprint density at radius 2 is 1.91 bits per heavy atom. The van der Waals surface area contributed by atoms with E-state index in [1.807, 2.05) is 42.8 Å². The van der Waals surface area contributed by atoms with E-state index in [1.165, 1.54) is 6.33 Å². The van der Waals surface area contributed by atoms with E-state index >= 15 is 0 Å². The maximum atomic E-state index is 9.89. The van der Waals surface area contributed by atoms with Crippen molar-refractivity contribution < 1.29 is 4.74 Å². The van der Waals surface area contributed by atoms with Crippen LogP contribution in [0.5, 0.6) is 5.88 Å². The van der Waals surface area contributed by atoms with E-state index in [1.54, 1.807) is 13.3 Å². The normalized spacial score (nSPS) is 13.2. The Balaban J connectivity index is 1.54. The summed E-state index contributed by atoms with van der Waals surface area (Å²) in [6.07, 6.45) is 5.32. The van der Waals surface area contributed by atoms with Crippen molar-refractivity contribution >= 4 is 11.0 Å². The Bertz CT molecular complexity index is 1620. The summed E-state index contributed by atoms with van der Waals surface area (Å²) in [7, 11) is 3.45. The second kappa shape index (κ2) is 7.99. The van der Waals surface area contributed by atoms with Gasteiger partial charge in [-0.3, -0.25) is 5.10 Å². The van der Waals surface area contributed by atoms with Crippen LogP contribution in [-0.2, 0) is 7.05 Å². The van der Waals surface area contributed by atoms with Crippen LogP contribution in [0.25, 0.3) is 45.2 Å². The predicted molar refractivity (Wildman–Crippen MR) is 128 cm³/mol. The quantitative estimate of drug-likeness (QED) is 0.415. The number of hydrogen-bond donors (Lipinski definition) is 1. The van der Waals surface area contributed by atoms with E-state index < -0.39 is 0 Å². The number of nitriles is 1. The van der Waals surface area contributed by atoms with Gasteiger partial charge in [0.15, 0.2) is 11.5 Å². The van der Waals surface area contributed by atoms with Gasteiger partial charge in [0, 0.05) is 18.5 Å². The average molecular weight is 464 g/mol. The molecule has 0 aliphatic heterocycles. The third-order valence-electron chi connectivity index (χ3n) is 6.26. The predicted octanol–water partition coefficient (Wildman–Crippen LogP) is 3.94. The van der Waals surface area contributed by atoms with Gasteiger partial charge in [-0.1, -0.05) is 29.8 Å². The molecule has 6 rings (SSSR count). The standard InChI is InChI=1S/C25H21N9O/c1-13-4-6-15(7-5-13)24-30-16(10-26)22(34(24)2)21-20-17(32-33-21)11-27-23(31-20)18-19(14-8-9-14)28-12-29-25(18)35-3/h4-7,11-12,14H,8-9H2,1-3H3,(H,32,33). The summed E-state index contributed by atoms with van der Waals surface area (Å²) in [6, 6.07) is 10.2. The highest BCUT2D eigenvalue weighted by Crippen LogP contribution is 2.45. The molecule has 10 heteroatoms. The molecular weight excluding hydrogens is 442 g/mol. The second-order valence-electron chi connectivity index (χ2n) is 8.62. The molecule has 35 heavy (non-hydrogen) atoms. The highest BCUT2D eigenvalue weighted by molar-refractivity contribution is 5.91. The van der Waals surface area contributed by atoms with Crippen molar-refractivity contribution in [3.63, 3.8) is 0 Å². The van der Waals surface area contributed by atoms with Crippen molar-refractivity contribution in [3.8, 4) is 46.1 Å². The van der Waals surface area contributed by atoms with Crippen LogP contribution in [0.15, 0.2) is 36.8 Å². The summed E-state index contributed by atoms with van der Waals surface area (Å²) in [5.41, 5.74) is 6.25. The molecule has 10 nitrogen and oxygen atoms in total. The van der Waals surface area contributed by atoms with Gasteiger partial charge in [0.05, 0.1) is 19.0 Å². The molecule has 0 unspecified atom stereocenters. The lowest BCUT2D eigenvalue weighted by molar-refractivity contribution is 0.397. The van der Waals surface area contributed by atoms with Gasteiger partial charge in [-0.2, -0.15) is 10.4 Å². The van der Waals surface area contributed by atoms with E-state index in [2.05, 4.69) is 36.2 Å². The first-order valence-electron chi connectivity index (χ1n) is 11.2. The van der Waals surface area contributed by atoms with Crippen LogP contribution < -0.4 is 4.74 Å². The van der Waals surface area contributed by atoms with Crippen LogP contribution in [0, 0.1) is 18.3 Å². The minimum atomic E-state index is 0.274. The lowest BCUT2D eigenvalue weighted by Crippen LogP contribution is -2.02. The first-order chi connectivity index (χ1) is 17.1. The van der Waals surface area contributed by atoms with Crippen molar-refractivity contribution in [2.45, 2.75) is 25.7 Å². The average Bonchev–Trinajstić information content (AvgIpc) is 3.58. The highest BCUT2D eigenvalue weighted by Gasteiger charge is 2.32. The van der Waals surface area contributed by atoms with E-state index in [0.29, 0.717) is 51.4 Å². The largest absolute Gasteiger partial charge is 0.480 e. The summed E-state index contributed by atoms with van der Waals surface area (Å²) < 4.78 is 7.41. The SMILES string of the molecule is COc1ncnc(C2CC2)c1-c1ncc2[nH]nc(-c3c(C#N)nc(-c4ccc(C)cc4)n3C)c2n1. The zero-order valence-corrected chi connectivity index (χ0v) is 19.4. The van der Waals surface area contributed by atoms with Crippen LogP contribution in [0.1, 0.15) is 35.7 Å². The summed E-state index contributed by atoms with van der Waals surface area (Å²) in [5, 5.41) is 17.4. The maximum absolute atomic E-state index is 9.89. The number of aryl methyl sites for hydroxylation is 1. The molecule has 1 aliphatic carbocycles. The van der Waals surface area contributed by atoms with Gasteiger partial charge in [-0.15, -0.1) is 0 Å². The van der Waals surface area contributed by atoms with Gasteiger partial charge < -0.3 is 9.30 Å². The zero-order chi connectivity index (χ0) is 24.1. The number of H-pyrrole nitrogens is 1. The second-order valence-corrected chi connectivity index (χ2v) is 8.62. The van der Waals surface area contributed by atoms with Crippen LogP contribution in [0.4, 0.5) is 0 Å². The third-order valence-corrected chi connectivity index (χ3v) is 6.26. The molecule has 0 radical (unpaired) electrons. The molecule has 1 aliphatic rings. The van der Waals surface area contributed by atoms with Crippen molar-refractivity contribution in [3.05, 3.63) is 53.7 Å². The molecule has 0 amide bonds. The van der Waals surface area contributed by atoms with E-state index in [9.17, 15) is 5.26 Å². The molecule has 0 bridgehead atoms. The number of nitrogens with one attached hydrogen (secondary N) is 1. The van der Waals surface area contributed by atoms with Crippen LogP contribution in [-0.4, -0.2) is 46.8 Å². The number of benzene rings is 1. The molecule has 172 valence electrons. The summed E-state index contributed by atoms with van der Waals surface area (Å²) >= 11 is 0.